The number of halogens is 3. The molecule has 1 unspecified atom stereocenters. The molecule has 0 aliphatic carbocycles. The second-order valence-corrected chi connectivity index (χ2v) is 5.57. The first-order valence-corrected chi connectivity index (χ1v) is 7.58. The maximum absolute atomic E-state index is 12.6. The van der Waals surface area contributed by atoms with Gasteiger partial charge in [0.05, 0.1) is 19.9 Å². The number of anilines is 1. The maximum Gasteiger partial charge on any atom is 0.406 e. The fourth-order valence-electron chi connectivity index (χ4n) is 2.78. The third-order valence-corrected chi connectivity index (χ3v) is 3.91. The number of likely N-dealkylation sites (tertiary alicyclic amines) is 1. The molecule has 9 heteroatoms. The molecular weight excluding hydrogens is 353 g/mol. The van der Waals surface area contributed by atoms with Crippen LogP contribution in [0, 0.1) is 12.3 Å². The Morgan fingerprint density at radius 1 is 1.31 bits per heavy atom. The standard InChI is InChI=1S/C17H17F3N2O4/c1-4-15(23)22(11-7-12(25-2)9-13(8-11)26-3)14-5-6-21(16(14)24)10-17(18,19)20/h1,7-9,14H,5-6,10H2,2-3H3. The molecule has 1 fully saturated rings. The summed E-state index contributed by atoms with van der Waals surface area (Å²) in [7, 11) is 2.80. The molecule has 6 nitrogen and oxygen atoms in total. The van der Waals surface area contributed by atoms with E-state index in [1.807, 2.05) is 5.92 Å². The van der Waals surface area contributed by atoms with Gasteiger partial charge in [-0.1, -0.05) is 0 Å². The molecule has 0 aromatic heterocycles. The summed E-state index contributed by atoms with van der Waals surface area (Å²) in [4.78, 5) is 26.3. The number of amides is 2. The Labute approximate surface area is 148 Å². The number of ether oxygens (including phenoxy) is 2. The van der Waals surface area contributed by atoms with Crippen LogP contribution >= 0.6 is 0 Å². The van der Waals surface area contributed by atoms with Gasteiger partial charge in [0.15, 0.2) is 0 Å². The minimum atomic E-state index is -4.52. The van der Waals surface area contributed by atoms with Gasteiger partial charge in [0.25, 0.3) is 0 Å². The normalized spacial score (nSPS) is 17.0. The molecule has 1 atom stereocenters. The first kappa shape index (κ1) is 19.4. The van der Waals surface area contributed by atoms with Crippen LogP contribution < -0.4 is 14.4 Å². The average Bonchev–Trinajstić information content (AvgIpc) is 2.93. The predicted molar refractivity (Wildman–Crippen MR) is 86.9 cm³/mol. The van der Waals surface area contributed by atoms with Crippen molar-refractivity contribution < 1.29 is 32.2 Å². The third-order valence-electron chi connectivity index (χ3n) is 3.91. The van der Waals surface area contributed by atoms with Crippen LogP contribution in [0.3, 0.4) is 0 Å². The van der Waals surface area contributed by atoms with Crippen LogP contribution in [-0.2, 0) is 9.59 Å². The fraction of sp³-hybridized carbons (Fsp3) is 0.412. The largest absolute Gasteiger partial charge is 0.497 e. The topological polar surface area (TPSA) is 59.1 Å². The van der Waals surface area contributed by atoms with Crippen LogP contribution in [0.25, 0.3) is 0 Å². The molecule has 0 saturated carbocycles. The SMILES string of the molecule is C#CC(=O)N(c1cc(OC)cc(OC)c1)C1CCN(CC(F)(F)F)C1=O. The van der Waals surface area contributed by atoms with Crippen molar-refractivity contribution in [2.24, 2.45) is 0 Å². The second kappa shape index (κ2) is 7.56. The molecule has 140 valence electrons. The quantitative estimate of drug-likeness (QED) is 0.742. The number of rotatable bonds is 5. The number of hydrogen-bond donors (Lipinski definition) is 0. The van der Waals surface area contributed by atoms with Crippen LogP contribution in [0.5, 0.6) is 11.5 Å². The van der Waals surface area contributed by atoms with Crippen LogP contribution in [0.4, 0.5) is 18.9 Å². The van der Waals surface area contributed by atoms with Gasteiger partial charge in [-0.3, -0.25) is 14.5 Å². The average molecular weight is 370 g/mol. The van der Waals surface area contributed by atoms with Gasteiger partial charge in [-0.25, -0.2) is 0 Å². The number of alkyl halides is 3. The van der Waals surface area contributed by atoms with Crippen molar-refractivity contribution in [3.63, 3.8) is 0 Å². The lowest BCUT2D eigenvalue weighted by Crippen LogP contribution is -2.46. The number of carbonyl (C=O) groups is 2. The molecule has 0 radical (unpaired) electrons. The van der Waals surface area contributed by atoms with E-state index >= 15 is 0 Å². The molecule has 0 bridgehead atoms. The zero-order valence-corrected chi connectivity index (χ0v) is 14.2. The summed E-state index contributed by atoms with van der Waals surface area (Å²) in [6, 6.07) is 3.33. The highest BCUT2D eigenvalue weighted by atomic mass is 19.4. The summed E-state index contributed by atoms with van der Waals surface area (Å²) < 4.78 is 48.1. The Morgan fingerprint density at radius 3 is 2.35 bits per heavy atom. The van der Waals surface area contributed by atoms with E-state index in [1.54, 1.807) is 6.07 Å². The predicted octanol–water partition coefficient (Wildman–Crippen LogP) is 1.83. The highest BCUT2D eigenvalue weighted by Crippen LogP contribution is 2.32. The van der Waals surface area contributed by atoms with Crippen molar-refractivity contribution in [3.8, 4) is 23.8 Å². The van der Waals surface area contributed by atoms with E-state index < -0.39 is 30.6 Å². The van der Waals surface area contributed by atoms with Gasteiger partial charge in [-0.15, -0.1) is 6.42 Å². The van der Waals surface area contributed by atoms with E-state index in [4.69, 9.17) is 15.9 Å². The van der Waals surface area contributed by atoms with Gasteiger partial charge >= 0.3 is 12.1 Å². The lowest BCUT2D eigenvalue weighted by molar-refractivity contribution is -0.157. The Hall–Kier alpha value is -2.89. The summed E-state index contributed by atoms with van der Waals surface area (Å²) in [6.07, 6.45) is 0.699. The van der Waals surface area contributed by atoms with Gasteiger partial charge in [-0.05, 0) is 12.3 Å². The number of hydrogen-bond acceptors (Lipinski definition) is 4. The van der Waals surface area contributed by atoms with E-state index in [0.717, 1.165) is 4.90 Å². The van der Waals surface area contributed by atoms with Gasteiger partial charge in [0.2, 0.25) is 5.91 Å². The van der Waals surface area contributed by atoms with E-state index in [2.05, 4.69) is 0 Å². The minimum absolute atomic E-state index is 0.0296. The minimum Gasteiger partial charge on any atom is -0.497 e. The lowest BCUT2D eigenvalue weighted by Gasteiger charge is -2.27. The molecule has 1 aromatic carbocycles. The van der Waals surface area contributed by atoms with Crippen molar-refractivity contribution in [2.45, 2.75) is 18.6 Å². The van der Waals surface area contributed by atoms with Crippen molar-refractivity contribution in [3.05, 3.63) is 18.2 Å². The van der Waals surface area contributed by atoms with Crippen molar-refractivity contribution >= 4 is 17.5 Å². The first-order valence-electron chi connectivity index (χ1n) is 7.58. The van der Waals surface area contributed by atoms with Crippen LogP contribution in [-0.4, -0.2) is 56.2 Å². The van der Waals surface area contributed by atoms with Crippen molar-refractivity contribution in [1.29, 1.82) is 0 Å². The highest BCUT2D eigenvalue weighted by Gasteiger charge is 2.43. The third kappa shape index (κ3) is 4.20. The van der Waals surface area contributed by atoms with Crippen LogP contribution in [0.1, 0.15) is 6.42 Å². The number of methoxy groups -OCH3 is 2. The summed E-state index contributed by atoms with van der Waals surface area (Å²) in [5.41, 5.74) is 0.205. The zero-order valence-electron chi connectivity index (χ0n) is 14.2. The molecule has 1 aliphatic rings. The van der Waals surface area contributed by atoms with Crippen LogP contribution in [0.2, 0.25) is 0 Å². The highest BCUT2D eigenvalue weighted by molar-refractivity contribution is 6.10. The van der Waals surface area contributed by atoms with Crippen LogP contribution in [0.15, 0.2) is 18.2 Å². The maximum atomic E-state index is 12.6. The Balaban J connectivity index is 2.40. The Bertz CT molecular complexity index is 720. The van der Waals surface area contributed by atoms with Gasteiger partial charge in [0, 0.05) is 24.7 Å². The molecule has 1 aliphatic heterocycles. The first-order chi connectivity index (χ1) is 12.2. The smallest absolute Gasteiger partial charge is 0.406 e. The monoisotopic (exact) mass is 370 g/mol. The fourth-order valence-corrected chi connectivity index (χ4v) is 2.78. The van der Waals surface area contributed by atoms with E-state index in [1.165, 1.54) is 26.4 Å². The molecule has 0 N–H and O–H groups in total. The van der Waals surface area contributed by atoms with Crippen molar-refractivity contribution in [1.82, 2.24) is 4.90 Å². The number of carbonyl (C=O) groups excluding carboxylic acids is 2. The second-order valence-electron chi connectivity index (χ2n) is 5.57. The van der Waals surface area contributed by atoms with E-state index in [9.17, 15) is 22.8 Å². The van der Waals surface area contributed by atoms with Gasteiger partial charge in [-0.2, -0.15) is 13.2 Å². The molecule has 1 saturated heterocycles. The van der Waals surface area contributed by atoms with E-state index in [0.29, 0.717) is 16.4 Å². The molecule has 1 heterocycles. The Kier molecular flexibility index (Phi) is 5.65. The summed E-state index contributed by atoms with van der Waals surface area (Å²) in [5.74, 6) is 0.938. The number of nitrogens with zero attached hydrogens (tertiary/aromatic N) is 2. The number of terminal acetylenes is 1. The van der Waals surface area contributed by atoms with E-state index in [-0.39, 0.29) is 18.7 Å². The summed E-state index contributed by atoms with van der Waals surface area (Å²) in [5, 5.41) is 0. The summed E-state index contributed by atoms with van der Waals surface area (Å²) >= 11 is 0. The molecule has 26 heavy (non-hydrogen) atoms. The zero-order chi connectivity index (χ0) is 19.5. The van der Waals surface area contributed by atoms with Gasteiger partial charge in [0.1, 0.15) is 24.1 Å². The summed E-state index contributed by atoms with van der Waals surface area (Å²) in [6.45, 7) is -1.50. The molecule has 2 amide bonds. The van der Waals surface area contributed by atoms with Crippen molar-refractivity contribution in [2.75, 3.05) is 32.2 Å². The molecular formula is C17H17F3N2O4. The Morgan fingerprint density at radius 2 is 1.88 bits per heavy atom. The molecule has 1 aromatic rings. The number of benzene rings is 1. The lowest BCUT2D eigenvalue weighted by atomic mass is 10.1. The van der Waals surface area contributed by atoms with Gasteiger partial charge < -0.3 is 14.4 Å². The molecule has 0 spiro atoms. The molecule has 2 rings (SSSR count).